The summed E-state index contributed by atoms with van der Waals surface area (Å²) in [6.45, 7) is 1.91. The third-order valence-electron chi connectivity index (χ3n) is 4.07. The number of ether oxygens (including phenoxy) is 1. The van der Waals surface area contributed by atoms with Crippen molar-refractivity contribution in [1.29, 1.82) is 0 Å². The lowest BCUT2D eigenvalue weighted by molar-refractivity contribution is -0.180. The van der Waals surface area contributed by atoms with Gasteiger partial charge in [0, 0.05) is 26.3 Å². The van der Waals surface area contributed by atoms with Crippen LogP contribution in [0.1, 0.15) is 25.7 Å². The zero-order valence-corrected chi connectivity index (χ0v) is 11.3. The average Bonchev–Trinajstić information content (AvgIpc) is 2.91. The summed E-state index contributed by atoms with van der Waals surface area (Å²) in [4.78, 5) is 11.8. The van der Waals surface area contributed by atoms with E-state index in [9.17, 15) is 18.0 Å². The summed E-state index contributed by atoms with van der Waals surface area (Å²) < 4.78 is 42.7. The van der Waals surface area contributed by atoms with E-state index in [1.807, 2.05) is 0 Å². The Bertz CT molecular complexity index is 322. The van der Waals surface area contributed by atoms with E-state index >= 15 is 0 Å². The molecule has 1 amide bonds. The van der Waals surface area contributed by atoms with E-state index in [4.69, 9.17) is 4.74 Å². The molecule has 4 nitrogen and oxygen atoms in total. The number of hydrogen-bond acceptors (Lipinski definition) is 3. The molecule has 0 aliphatic carbocycles. The molecule has 0 aromatic carbocycles. The summed E-state index contributed by atoms with van der Waals surface area (Å²) in [5, 5.41) is 5.49. The lowest BCUT2D eigenvalue weighted by Gasteiger charge is -2.30. The Labute approximate surface area is 116 Å². The first-order valence-electron chi connectivity index (χ1n) is 7.12. The number of alkyl halides is 3. The summed E-state index contributed by atoms with van der Waals surface area (Å²) in [6.07, 6.45) is -2.03. The fourth-order valence-corrected chi connectivity index (χ4v) is 2.69. The number of rotatable bonds is 4. The number of carbonyl (C=O) groups is 1. The topological polar surface area (TPSA) is 50.4 Å². The second-order valence-electron chi connectivity index (χ2n) is 5.59. The van der Waals surface area contributed by atoms with Gasteiger partial charge in [-0.3, -0.25) is 4.79 Å². The van der Waals surface area contributed by atoms with Crippen molar-refractivity contribution in [2.45, 2.75) is 37.9 Å². The van der Waals surface area contributed by atoms with Crippen molar-refractivity contribution >= 4 is 5.91 Å². The highest BCUT2D eigenvalue weighted by Gasteiger charge is 2.42. The maximum atomic E-state index is 12.5. The first kappa shape index (κ1) is 15.6. The zero-order valence-electron chi connectivity index (χ0n) is 11.3. The van der Waals surface area contributed by atoms with Crippen molar-refractivity contribution in [2.75, 3.05) is 26.3 Å². The van der Waals surface area contributed by atoms with Crippen LogP contribution in [0.3, 0.4) is 0 Å². The second kappa shape index (κ2) is 6.76. The molecule has 2 heterocycles. The largest absolute Gasteiger partial charge is 0.393 e. The smallest absolute Gasteiger partial charge is 0.381 e. The van der Waals surface area contributed by atoms with Crippen molar-refractivity contribution in [2.24, 2.45) is 11.8 Å². The van der Waals surface area contributed by atoms with E-state index in [0.29, 0.717) is 12.5 Å². The molecule has 3 atom stereocenters. The summed E-state index contributed by atoms with van der Waals surface area (Å²) in [5.41, 5.74) is 0. The molecule has 0 aromatic heterocycles. The van der Waals surface area contributed by atoms with Crippen LogP contribution in [0.2, 0.25) is 0 Å². The van der Waals surface area contributed by atoms with Crippen molar-refractivity contribution in [1.82, 2.24) is 10.6 Å². The molecule has 2 N–H and O–H groups in total. The third kappa shape index (κ3) is 4.34. The Kier molecular flexibility index (Phi) is 5.26. The molecule has 0 aromatic rings. The number of nitrogens with one attached hydrogen (secondary N) is 2. The minimum absolute atomic E-state index is 0.0189. The Balaban J connectivity index is 1.64. The highest BCUT2D eigenvalue weighted by atomic mass is 19.4. The van der Waals surface area contributed by atoms with Gasteiger partial charge in [0.15, 0.2) is 0 Å². The van der Waals surface area contributed by atoms with E-state index in [-0.39, 0.29) is 25.3 Å². The molecule has 2 rings (SSSR count). The molecule has 0 radical (unpaired) electrons. The molecule has 2 aliphatic rings. The van der Waals surface area contributed by atoms with Crippen LogP contribution in [0.4, 0.5) is 13.2 Å². The van der Waals surface area contributed by atoms with Gasteiger partial charge in [-0.2, -0.15) is 13.2 Å². The number of piperidine rings is 1. The molecule has 20 heavy (non-hydrogen) atoms. The Morgan fingerprint density at radius 3 is 2.65 bits per heavy atom. The predicted octanol–water partition coefficient (Wildman–Crippen LogP) is 1.46. The van der Waals surface area contributed by atoms with Crippen LogP contribution in [0.25, 0.3) is 0 Å². The van der Waals surface area contributed by atoms with Gasteiger partial charge < -0.3 is 15.4 Å². The van der Waals surface area contributed by atoms with Gasteiger partial charge in [0.2, 0.25) is 5.91 Å². The van der Waals surface area contributed by atoms with Gasteiger partial charge in [-0.15, -0.1) is 0 Å². The van der Waals surface area contributed by atoms with Crippen LogP contribution in [-0.4, -0.2) is 44.4 Å². The first-order chi connectivity index (χ1) is 9.47. The minimum Gasteiger partial charge on any atom is -0.381 e. The van der Waals surface area contributed by atoms with Crippen LogP contribution in [0.15, 0.2) is 0 Å². The molecule has 0 saturated carbocycles. The maximum Gasteiger partial charge on any atom is 0.393 e. The Morgan fingerprint density at radius 1 is 1.30 bits per heavy atom. The number of hydrogen-bond donors (Lipinski definition) is 2. The van der Waals surface area contributed by atoms with Crippen LogP contribution >= 0.6 is 0 Å². The molecule has 116 valence electrons. The molecule has 2 aliphatic heterocycles. The van der Waals surface area contributed by atoms with E-state index < -0.39 is 18.1 Å². The standard InChI is InChI=1S/C13H21F3N2O2/c14-13(15,16)10-1-2-11(18-7-10)12(19)17-5-3-9-4-6-20-8-9/h9-11,18H,1-8H2,(H,17,19). The van der Waals surface area contributed by atoms with Crippen LogP contribution in [0, 0.1) is 11.8 Å². The zero-order chi connectivity index (χ0) is 14.6. The quantitative estimate of drug-likeness (QED) is 0.825. The normalized spacial score (nSPS) is 31.2. The SMILES string of the molecule is O=C(NCCC1CCOC1)C1CCC(C(F)(F)F)CN1. The number of carbonyl (C=O) groups excluding carboxylic acids is 1. The highest BCUT2D eigenvalue weighted by Crippen LogP contribution is 2.31. The number of amides is 1. The molecule has 0 bridgehead atoms. The van der Waals surface area contributed by atoms with Gasteiger partial charge in [-0.25, -0.2) is 0 Å². The minimum atomic E-state index is -4.17. The maximum absolute atomic E-state index is 12.5. The van der Waals surface area contributed by atoms with Crippen molar-refractivity contribution in [3.05, 3.63) is 0 Å². The average molecular weight is 294 g/mol. The fourth-order valence-electron chi connectivity index (χ4n) is 2.69. The van der Waals surface area contributed by atoms with Crippen LogP contribution in [0.5, 0.6) is 0 Å². The molecule has 7 heteroatoms. The molecule has 2 saturated heterocycles. The monoisotopic (exact) mass is 294 g/mol. The molecule has 3 unspecified atom stereocenters. The predicted molar refractivity (Wildman–Crippen MR) is 67.1 cm³/mol. The lowest BCUT2D eigenvalue weighted by atomic mass is 9.94. The van der Waals surface area contributed by atoms with Gasteiger partial charge in [0.25, 0.3) is 0 Å². The summed E-state index contributed by atoms with van der Waals surface area (Å²) in [5.74, 6) is -1.03. The summed E-state index contributed by atoms with van der Waals surface area (Å²) in [7, 11) is 0. The first-order valence-corrected chi connectivity index (χ1v) is 7.12. The van der Waals surface area contributed by atoms with Gasteiger partial charge in [-0.05, 0) is 31.6 Å². The van der Waals surface area contributed by atoms with Crippen molar-refractivity contribution in [3.8, 4) is 0 Å². The summed E-state index contributed by atoms with van der Waals surface area (Å²) >= 11 is 0. The van der Waals surface area contributed by atoms with Gasteiger partial charge in [0.05, 0.1) is 12.0 Å². The Morgan fingerprint density at radius 2 is 2.10 bits per heavy atom. The van der Waals surface area contributed by atoms with Crippen molar-refractivity contribution < 1.29 is 22.7 Å². The second-order valence-corrected chi connectivity index (χ2v) is 5.59. The molecular weight excluding hydrogens is 273 g/mol. The summed E-state index contributed by atoms with van der Waals surface area (Å²) in [6, 6.07) is -0.492. The van der Waals surface area contributed by atoms with E-state index in [0.717, 1.165) is 26.1 Å². The number of halogens is 3. The Hall–Kier alpha value is -0.820. The van der Waals surface area contributed by atoms with Crippen molar-refractivity contribution in [3.63, 3.8) is 0 Å². The van der Waals surface area contributed by atoms with E-state index in [2.05, 4.69) is 10.6 Å². The van der Waals surface area contributed by atoms with Crippen LogP contribution in [-0.2, 0) is 9.53 Å². The van der Waals surface area contributed by atoms with Crippen LogP contribution < -0.4 is 10.6 Å². The van der Waals surface area contributed by atoms with E-state index in [1.54, 1.807) is 0 Å². The third-order valence-corrected chi connectivity index (χ3v) is 4.07. The highest BCUT2D eigenvalue weighted by molar-refractivity contribution is 5.81. The van der Waals surface area contributed by atoms with E-state index in [1.165, 1.54) is 0 Å². The van der Waals surface area contributed by atoms with Gasteiger partial charge >= 0.3 is 6.18 Å². The van der Waals surface area contributed by atoms with Gasteiger partial charge in [0.1, 0.15) is 0 Å². The fraction of sp³-hybridized carbons (Fsp3) is 0.923. The lowest BCUT2D eigenvalue weighted by Crippen LogP contribution is -2.51. The molecular formula is C13H21F3N2O2. The molecule has 0 spiro atoms. The van der Waals surface area contributed by atoms with Gasteiger partial charge in [-0.1, -0.05) is 0 Å². The molecule has 2 fully saturated rings.